The van der Waals surface area contributed by atoms with E-state index in [0.29, 0.717) is 23.1 Å². The van der Waals surface area contributed by atoms with Crippen molar-refractivity contribution in [2.75, 3.05) is 6.54 Å². The lowest BCUT2D eigenvalue weighted by Gasteiger charge is -2.14. The maximum absolute atomic E-state index is 11.9. The monoisotopic (exact) mass is 284 g/mol. The van der Waals surface area contributed by atoms with Crippen LogP contribution in [0.15, 0.2) is 12.1 Å². The van der Waals surface area contributed by atoms with E-state index in [4.69, 9.17) is 11.6 Å². The lowest BCUT2D eigenvalue weighted by molar-refractivity contribution is 0.0900. The number of aliphatic hydroxyl groups excluding tert-OH is 1. The second-order valence-corrected chi connectivity index (χ2v) is 5.40. The van der Waals surface area contributed by atoms with Crippen molar-refractivity contribution in [3.05, 3.63) is 28.5 Å². The largest absolute Gasteiger partial charge is 0.391 e. The van der Waals surface area contributed by atoms with Gasteiger partial charge in [-0.1, -0.05) is 32.4 Å². The number of aryl methyl sites for hydroxylation is 1. The first-order chi connectivity index (χ1) is 8.92. The second-order valence-electron chi connectivity index (χ2n) is 5.02. The Bertz CT molecular complexity index is 435. The predicted octanol–water partition coefficient (Wildman–Crippen LogP) is 2.43. The van der Waals surface area contributed by atoms with Crippen molar-refractivity contribution in [1.82, 2.24) is 10.3 Å². The van der Waals surface area contributed by atoms with Crippen LogP contribution in [-0.2, 0) is 6.42 Å². The number of rotatable bonds is 6. The van der Waals surface area contributed by atoms with Crippen molar-refractivity contribution in [2.45, 2.75) is 39.7 Å². The number of halogens is 1. The molecule has 2 N–H and O–H groups in total. The Balaban J connectivity index is 2.60. The third-order valence-corrected chi connectivity index (χ3v) is 2.91. The van der Waals surface area contributed by atoms with Crippen LogP contribution in [0.4, 0.5) is 0 Å². The van der Waals surface area contributed by atoms with E-state index in [2.05, 4.69) is 10.3 Å². The molecule has 1 amide bonds. The molecule has 1 heterocycles. The molecule has 0 fully saturated rings. The SMILES string of the molecule is CCc1cc(C(=O)NCC(O)CC(C)C)cc(Cl)n1. The zero-order chi connectivity index (χ0) is 14.4. The van der Waals surface area contributed by atoms with Gasteiger partial charge in [-0.15, -0.1) is 0 Å². The van der Waals surface area contributed by atoms with E-state index in [1.807, 2.05) is 20.8 Å². The summed E-state index contributed by atoms with van der Waals surface area (Å²) in [7, 11) is 0. The lowest BCUT2D eigenvalue weighted by Crippen LogP contribution is -2.32. The number of carbonyl (C=O) groups is 1. The minimum absolute atomic E-state index is 0.234. The average Bonchev–Trinajstić information content (AvgIpc) is 2.34. The summed E-state index contributed by atoms with van der Waals surface area (Å²) in [6, 6.07) is 3.25. The number of nitrogens with one attached hydrogen (secondary N) is 1. The maximum atomic E-state index is 11.9. The van der Waals surface area contributed by atoms with Gasteiger partial charge in [0.05, 0.1) is 6.10 Å². The van der Waals surface area contributed by atoms with E-state index in [1.54, 1.807) is 6.07 Å². The summed E-state index contributed by atoms with van der Waals surface area (Å²) in [6.07, 6.45) is 0.862. The van der Waals surface area contributed by atoms with Crippen LogP contribution in [0.1, 0.15) is 43.2 Å². The third kappa shape index (κ3) is 5.57. The molecule has 4 nitrogen and oxygen atoms in total. The van der Waals surface area contributed by atoms with Crippen molar-refractivity contribution < 1.29 is 9.90 Å². The Hall–Kier alpha value is -1.13. The molecule has 1 aromatic rings. The third-order valence-electron chi connectivity index (χ3n) is 2.71. The molecule has 0 radical (unpaired) electrons. The summed E-state index contributed by atoms with van der Waals surface area (Å²) in [4.78, 5) is 16.1. The molecule has 5 heteroatoms. The van der Waals surface area contributed by atoms with Gasteiger partial charge >= 0.3 is 0 Å². The normalized spacial score (nSPS) is 12.5. The first-order valence-electron chi connectivity index (χ1n) is 6.55. The molecule has 0 saturated carbocycles. The topological polar surface area (TPSA) is 62.2 Å². The van der Waals surface area contributed by atoms with Gasteiger partial charge in [-0.2, -0.15) is 0 Å². The zero-order valence-corrected chi connectivity index (χ0v) is 12.4. The van der Waals surface area contributed by atoms with E-state index in [1.165, 1.54) is 6.07 Å². The summed E-state index contributed by atoms with van der Waals surface area (Å²) >= 11 is 5.86. The van der Waals surface area contributed by atoms with Gasteiger partial charge in [-0.05, 0) is 30.9 Å². The van der Waals surface area contributed by atoms with Crippen LogP contribution in [0.5, 0.6) is 0 Å². The maximum Gasteiger partial charge on any atom is 0.251 e. The van der Waals surface area contributed by atoms with Gasteiger partial charge in [0.1, 0.15) is 5.15 Å². The Morgan fingerprint density at radius 1 is 1.47 bits per heavy atom. The summed E-state index contributed by atoms with van der Waals surface area (Å²) < 4.78 is 0. The molecule has 1 unspecified atom stereocenters. The van der Waals surface area contributed by atoms with E-state index >= 15 is 0 Å². The number of nitrogens with zero attached hydrogens (tertiary/aromatic N) is 1. The molecule has 0 spiro atoms. The molecule has 0 aromatic carbocycles. The quantitative estimate of drug-likeness (QED) is 0.789. The standard InChI is InChI=1S/C14H21ClN2O2/c1-4-11-6-10(7-13(15)17-11)14(19)16-8-12(18)5-9(2)3/h6-7,9,12,18H,4-5,8H2,1-3H3,(H,16,19). The molecule has 0 saturated heterocycles. The zero-order valence-electron chi connectivity index (χ0n) is 11.6. The molecule has 106 valence electrons. The molecule has 0 bridgehead atoms. The predicted molar refractivity (Wildman–Crippen MR) is 76.4 cm³/mol. The summed E-state index contributed by atoms with van der Waals surface area (Å²) in [5, 5.41) is 12.7. The molecule has 1 aromatic heterocycles. The van der Waals surface area contributed by atoms with E-state index in [-0.39, 0.29) is 12.5 Å². The average molecular weight is 285 g/mol. The second kappa shape index (κ2) is 7.46. The van der Waals surface area contributed by atoms with Crippen molar-refractivity contribution in [2.24, 2.45) is 5.92 Å². The van der Waals surface area contributed by atoms with Gasteiger partial charge in [-0.3, -0.25) is 4.79 Å². The molecular formula is C14H21ClN2O2. The highest BCUT2D eigenvalue weighted by Gasteiger charge is 2.12. The number of hydrogen-bond donors (Lipinski definition) is 2. The molecule has 1 rings (SSSR count). The first kappa shape index (κ1) is 15.9. The fourth-order valence-corrected chi connectivity index (χ4v) is 2.03. The van der Waals surface area contributed by atoms with E-state index in [0.717, 1.165) is 12.1 Å². The van der Waals surface area contributed by atoms with Gasteiger partial charge in [0.2, 0.25) is 0 Å². The Kier molecular flexibility index (Phi) is 6.25. The van der Waals surface area contributed by atoms with Gasteiger partial charge < -0.3 is 10.4 Å². The lowest BCUT2D eigenvalue weighted by atomic mass is 10.1. The van der Waals surface area contributed by atoms with Crippen molar-refractivity contribution in [3.63, 3.8) is 0 Å². The number of amides is 1. The van der Waals surface area contributed by atoms with Crippen LogP contribution in [0.3, 0.4) is 0 Å². The van der Waals surface area contributed by atoms with Crippen LogP contribution >= 0.6 is 11.6 Å². The van der Waals surface area contributed by atoms with Crippen molar-refractivity contribution >= 4 is 17.5 Å². The van der Waals surface area contributed by atoms with Gasteiger partial charge in [0, 0.05) is 17.8 Å². The van der Waals surface area contributed by atoms with Crippen LogP contribution in [-0.4, -0.2) is 28.6 Å². The highest BCUT2D eigenvalue weighted by molar-refractivity contribution is 6.29. The fourth-order valence-electron chi connectivity index (χ4n) is 1.80. The number of aliphatic hydroxyl groups is 1. The number of hydrogen-bond acceptors (Lipinski definition) is 3. The van der Waals surface area contributed by atoms with Crippen LogP contribution < -0.4 is 5.32 Å². The molecular weight excluding hydrogens is 264 g/mol. The summed E-state index contributed by atoms with van der Waals surface area (Å²) in [6.45, 7) is 6.26. The fraction of sp³-hybridized carbons (Fsp3) is 0.571. The molecule has 0 aliphatic heterocycles. The van der Waals surface area contributed by atoms with Gasteiger partial charge in [-0.25, -0.2) is 4.98 Å². The van der Waals surface area contributed by atoms with E-state index < -0.39 is 6.10 Å². The van der Waals surface area contributed by atoms with Crippen LogP contribution in [0, 0.1) is 5.92 Å². The summed E-state index contributed by atoms with van der Waals surface area (Å²) in [5.41, 5.74) is 1.26. The Morgan fingerprint density at radius 2 is 2.16 bits per heavy atom. The molecule has 1 atom stereocenters. The number of aromatic nitrogens is 1. The van der Waals surface area contributed by atoms with Crippen LogP contribution in [0.25, 0.3) is 0 Å². The number of pyridine rings is 1. The Morgan fingerprint density at radius 3 is 2.74 bits per heavy atom. The summed E-state index contributed by atoms with van der Waals surface area (Å²) in [5.74, 6) is 0.163. The minimum atomic E-state index is -0.521. The van der Waals surface area contributed by atoms with Crippen molar-refractivity contribution in [1.29, 1.82) is 0 Å². The van der Waals surface area contributed by atoms with Gasteiger partial charge in [0.25, 0.3) is 5.91 Å². The highest BCUT2D eigenvalue weighted by atomic mass is 35.5. The highest BCUT2D eigenvalue weighted by Crippen LogP contribution is 2.11. The van der Waals surface area contributed by atoms with E-state index in [9.17, 15) is 9.90 Å². The molecule has 19 heavy (non-hydrogen) atoms. The first-order valence-corrected chi connectivity index (χ1v) is 6.92. The minimum Gasteiger partial charge on any atom is -0.391 e. The molecule has 0 aliphatic carbocycles. The van der Waals surface area contributed by atoms with Gasteiger partial charge in [0.15, 0.2) is 0 Å². The van der Waals surface area contributed by atoms with Crippen LogP contribution in [0.2, 0.25) is 5.15 Å². The smallest absolute Gasteiger partial charge is 0.251 e. The Labute approximate surface area is 119 Å². The van der Waals surface area contributed by atoms with Crippen molar-refractivity contribution in [3.8, 4) is 0 Å². The molecule has 0 aliphatic rings. The number of carbonyl (C=O) groups excluding carboxylic acids is 1.